The van der Waals surface area contributed by atoms with E-state index in [0.29, 0.717) is 16.8 Å². The van der Waals surface area contributed by atoms with Crippen LogP contribution in [0.1, 0.15) is 6.92 Å². The average molecular weight is 360 g/mol. The number of hydrogen-bond acceptors (Lipinski definition) is 3. The van der Waals surface area contributed by atoms with Crippen molar-refractivity contribution in [2.24, 2.45) is 0 Å². The van der Waals surface area contributed by atoms with E-state index >= 15 is 0 Å². The van der Waals surface area contributed by atoms with Crippen LogP contribution in [-0.4, -0.2) is 15.0 Å². The number of hydrogen-bond donors (Lipinski definition) is 0. The van der Waals surface area contributed by atoms with Gasteiger partial charge in [0.15, 0.2) is 0 Å². The maximum Gasteiger partial charge on any atom is 0.261 e. The molecule has 3 nitrogen and oxygen atoms in total. The molecule has 0 N–H and O–H groups in total. The van der Waals surface area contributed by atoms with Gasteiger partial charge < -0.3 is 4.74 Å². The molecule has 17 heavy (non-hydrogen) atoms. The zero-order valence-electron chi connectivity index (χ0n) is 8.78. The fourth-order valence-corrected chi connectivity index (χ4v) is 2.46. The fraction of sp³-hybridized carbons (Fsp3) is 0.200. The molecule has 0 amide bonds. The van der Waals surface area contributed by atoms with Crippen LogP contribution in [0.4, 0.5) is 0 Å². The number of rotatable bonds is 4. The Bertz CT molecular complexity index is 540. The van der Waals surface area contributed by atoms with Crippen molar-refractivity contribution in [2.45, 2.75) is 11.8 Å². The highest BCUT2D eigenvalue weighted by Crippen LogP contribution is 2.29. The van der Waals surface area contributed by atoms with Crippen molar-refractivity contribution in [1.29, 1.82) is 0 Å². The minimum atomic E-state index is -3.72. The molecule has 0 aromatic heterocycles. The van der Waals surface area contributed by atoms with E-state index in [1.54, 1.807) is 0 Å². The first-order valence-electron chi connectivity index (χ1n) is 4.47. The Morgan fingerprint density at radius 2 is 2.18 bits per heavy atom. The Labute approximate surface area is 118 Å². The third kappa shape index (κ3) is 4.50. The third-order valence-corrected chi connectivity index (χ3v) is 4.17. The smallest absolute Gasteiger partial charge is 0.261 e. The highest BCUT2D eigenvalue weighted by atomic mass is 79.9. The molecule has 0 aliphatic rings. The van der Waals surface area contributed by atoms with Crippen molar-refractivity contribution < 1.29 is 13.2 Å². The molecule has 0 radical (unpaired) electrons. The second-order valence-electron chi connectivity index (χ2n) is 3.27. The van der Waals surface area contributed by atoms with Crippen molar-refractivity contribution in [2.75, 3.05) is 6.61 Å². The predicted molar refractivity (Wildman–Crippen MR) is 72.3 cm³/mol. The van der Waals surface area contributed by atoms with Crippen LogP contribution in [0.25, 0.3) is 0 Å². The summed E-state index contributed by atoms with van der Waals surface area (Å²) in [6.07, 6.45) is 0. The van der Waals surface area contributed by atoms with E-state index in [2.05, 4.69) is 15.9 Å². The molecule has 0 saturated carbocycles. The van der Waals surface area contributed by atoms with Crippen molar-refractivity contribution in [1.82, 2.24) is 0 Å². The molecule has 1 aromatic rings. The lowest BCUT2D eigenvalue weighted by atomic mass is 10.3. The first-order valence-corrected chi connectivity index (χ1v) is 8.01. The van der Waals surface area contributed by atoms with E-state index in [1.165, 1.54) is 23.7 Å². The molecular weight excluding hydrogens is 351 g/mol. The van der Waals surface area contributed by atoms with Crippen molar-refractivity contribution in [3.05, 3.63) is 33.8 Å². The predicted octanol–water partition coefficient (Wildman–Crippen LogP) is 3.90. The lowest BCUT2D eigenvalue weighted by Crippen LogP contribution is -1.99. The Morgan fingerprint density at radius 3 is 2.65 bits per heavy atom. The summed E-state index contributed by atoms with van der Waals surface area (Å²) in [6, 6.07) is 4.29. The Balaban J connectivity index is 2.91. The second-order valence-corrected chi connectivity index (χ2v) is 6.91. The van der Waals surface area contributed by atoms with Gasteiger partial charge in [-0.05, 0) is 46.6 Å². The molecule has 0 heterocycles. The summed E-state index contributed by atoms with van der Waals surface area (Å²) in [5.74, 6) is 0.520. The van der Waals surface area contributed by atoms with Gasteiger partial charge in [0.05, 0.1) is 9.37 Å². The largest absolute Gasteiger partial charge is 0.488 e. The van der Waals surface area contributed by atoms with Gasteiger partial charge >= 0.3 is 0 Å². The molecule has 0 aliphatic carbocycles. The van der Waals surface area contributed by atoms with E-state index in [-0.39, 0.29) is 4.90 Å². The normalized spacial score (nSPS) is 12.6. The molecule has 0 fully saturated rings. The van der Waals surface area contributed by atoms with E-state index in [4.69, 9.17) is 27.0 Å². The van der Waals surface area contributed by atoms with Crippen LogP contribution in [0.5, 0.6) is 5.75 Å². The number of benzene rings is 1. The van der Waals surface area contributed by atoms with Gasteiger partial charge in [-0.3, -0.25) is 0 Å². The maximum absolute atomic E-state index is 11.1. The molecular formula is C10H9BrCl2O3S. The van der Waals surface area contributed by atoms with Gasteiger partial charge in [0.1, 0.15) is 12.4 Å². The topological polar surface area (TPSA) is 43.4 Å². The first kappa shape index (κ1) is 14.8. The van der Waals surface area contributed by atoms with Crippen molar-refractivity contribution in [3.8, 4) is 5.75 Å². The van der Waals surface area contributed by atoms with E-state index < -0.39 is 9.05 Å². The average Bonchev–Trinajstić information content (AvgIpc) is 2.25. The van der Waals surface area contributed by atoms with Gasteiger partial charge in [0, 0.05) is 16.2 Å². The summed E-state index contributed by atoms with van der Waals surface area (Å²) in [6.45, 7) is 2.15. The van der Waals surface area contributed by atoms with E-state index in [0.717, 1.165) is 5.57 Å². The van der Waals surface area contributed by atoms with Crippen molar-refractivity contribution in [3.63, 3.8) is 0 Å². The summed E-state index contributed by atoms with van der Waals surface area (Å²) in [5, 5.41) is 0. The van der Waals surface area contributed by atoms with Gasteiger partial charge in [-0.1, -0.05) is 11.6 Å². The summed E-state index contributed by atoms with van der Waals surface area (Å²) in [5.41, 5.74) is 2.28. The quantitative estimate of drug-likeness (QED) is 0.765. The molecule has 1 aromatic carbocycles. The summed E-state index contributed by atoms with van der Waals surface area (Å²) in [4.78, 5) is 0.0167. The molecule has 0 spiro atoms. The van der Waals surface area contributed by atoms with Gasteiger partial charge in [-0.15, -0.1) is 0 Å². The Hall–Kier alpha value is -0.230. The minimum absolute atomic E-state index is 0.0167. The zero-order valence-corrected chi connectivity index (χ0v) is 12.7. The van der Waals surface area contributed by atoms with Crippen LogP contribution in [0.2, 0.25) is 0 Å². The lowest BCUT2D eigenvalue weighted by molar-refractivity contribution is 0.350. The molecule has 0 bridgehead atoms. The molecule has 0 saturated heterocycles. The van der Waals surface area contributed by atoms with Crippen LogP contribution >= 0.6 is 38.2 Å². The third-order valence-electron chi connectivity index (χ3n) is 1.83. The molecule has 0 unspecified atom stereocenters. The Kier molecular flexibility index (Phi) is 5.31. The van der Waals surface area contributed by atoms with Crippen LogP contribution in [-0.2, 0) is 9.05 Å². The van der Waals surface area contributed by atoms with E-state index in [1.807, 2.05) is 6.92 Å². The zero-order chi connectivity index (χ0) is 13.1. The van der Waals surface area contributed by atoms with Crippen LogP contribution < -0.4 is 4.74 Å². The standard InChI is InChI=1S/C10H9BrCl2O3S/c1-7(5-12)6-16-10-3-2-8(4-9(10)11)17(13,14)15/h2-5H,6H2,1H3/b7-5-. The monoisotopic (exact) mass is 358 g/mol. The molecule has 7 heteroatoms. The minimum Gasteiger partial charge on any atom is -0.488 e. The summed E-state index contributed by atoms with van der Waals surface area (Å²) >= 11 is 8.70. The SMILES string of the molecule is C/C(=C/Cl)COc1ccc(S(=O)(=O)Cl)cc1Br. The van der Waals surface area contributed by atoms with Gasteiger partial charge in [0.2, 0.25) is 0 Å². The van der Waals surface area contributed by atoms with Gasteiger partial charge in [-0.25, -0.2) is 8.42 Å². The Morgan fingerprint density at radius 1 is 1.53 bits per heavy atom. The summed E-state index contributed by atoms with van der Waals surface area (Å²) in [7, 11) is 1.49. The van der Waals surface area contributed by atoms with Gasteiger partial charge in [0.25, 0.3) is 9.05 Å². The van der Waals surface area contributed by atoms with Crippen LogP contribution in [0.3, 0.4) is 0 Å². The van der Waals surface area contributed by atoms with E-state index in [9.17, 15) is 8.42 Å². The van der Waals surface area contributed by atoms with Crippen molar-refractivity contribution >= 4 is 47.3 Å². The number of ether oxygens (including phenoxy) is 1. The highest BCUT2D eigenvalue weighted by Gasteiger charge is 2.12. The molecule has 94 valence electrons. The molecule has 0 atom stereocenters. The maximum atomic E-state index is 11.1. The van der Waals surface area contributed by atoms with Gasteiger partial charge in [-0.2, -0.15) is 0 Å². The van der Waals surface area contributed by atoms with Crippen LogP contribution in [0, 0.1) is 0 Å². The first-order chi connectivity index (χ1) is 7.84. The summed E-state index contributed by atoms with van der Waals surface area (Å²) < 4.78 is 28.1. The van der Waals surface area contributed by atoms with Crippen LogP contribution in [0.15, 0.2) is 38.7 Å². The number of halogens is 3. The lowest BCUT2D eigenvalue weighted by Gasteiger charge is -2.08. The fourth-order valence-electron chi connectivity index (χ4n) is 0.973. The molecule has 1 rings (SSSR count). The highest BCUT2D eigenvalue weighted by molar-refractivity contribution is 9.10. The second kappa shape index (κ2) is 6.09. The molecule has 0 aliphatic heterocycles.